The van der Waals surface area contributed by atoms with Crippen molar-refractivity contribution in [2.45, 2.75) is 40.2 Å². The fourth-order valence-electron chi connectivity index (χ4n) is 3.28. The lowest BCUT2D eigenvalue weighted by atomic mass is 9.84. The number of rotatable bonds is 4. The van der Waals surface area contributed by atoms with Crippen LogP contribution >= 0.6 is 0 Å². The van der Waals surface area contributed by atoms with Gasteiger partial charge in [0.1, 0.15) is 11.5 Å². The first-order chi connectivity index (χ1) is 9.46. The Hall–Kier alpha value is -1.22. The summed E-state index contributed by atoms with van der Waals surface area (Å²) < 4.78 is 11.0. The summed E-state index contributed by atoms with van der Waals surface area (Å²) in [6.07, 6.45) is 2.60. The van der Waals surface area contributed by atoms with Gasteiger partial charge >= 0.3 is 0 Å². The second kappa shape index (κ2) is 6.04. The van der Waals surface area contributed by atoms with Gasteiger partial charge in [-0.15, -0.1) is 0 Å². The highest BCUT2D eigenvalue weighted by atomic mass is 16.5. The van der Waals surface area contributed by atoms with Gasteiger partial charge in [-0.1, -0.05) is 19.9 Å². The highest BCUT2D eigenvalue weighted by molar-refractivity contribution is 5.49. The fraction of sp³-hybridized carbons (Fsp3) is 0.647. The van der Waals surface area contributed by atoms with E-state index in [1.165, 1.54) is 24.9 Å². The second-order valence-corrected chi connectivity index (χ2v) is 6.56. The largest absolute Gasteiger partial charge is 0.496 e. The summed E-state index contributed by atoms with van der Waals surface area (Å²) in [5.41, 5.74) is 2.76. The van der Waals surface area contributed by atoms with Crippen molar-refractivity contribution in [3.63, 3.8) is 0 Å². The van der Waals surface area contributed by atoms with Gasteiger partial charge in [-0.05, 0) is 37.8 Å². The molecule has 0 aliphatic carbocycles. The molecule has 20 heavy (non-hydrogen) atoms. The van der Waals surface area contributed by atoms with Crippen LogP contribution in [-0.2, 0) is 6.54 Å². The smallest absolute Gasteiger partial charge is 0.129 e. The Bertz CT molecular complexity index is 468. The predicted octanol–water partition coefficient (Wildman–Crippen LogP) is 3.63. The van der Waals surface area contributed by atoms with Gasteiger partial charge in [0.25, 0.3) is 0 Å². The van der Waals surface area contributed by atoms with Crippen LogP contribution in [0.15, 0.2) is 12.1 Å². The fourth-order valence-corrected chi connectivity index (χ4v) is 3.28. The van der Waals surface area contributed by atoms with Crippen molar-refractivity contribution in [2.75, 3.05) is 27.3 Å². The highest BCUT2D eigenvalue weighted by Crippen LogP contribution is 2.34. The van der Waals surface area contributed by atoms with Gasteiger partial charge in [0.2, 0.25) is 0 Å². The molecule has 1 aliphatic rings. The normalized spacial score (nSPS) is 18.9. The number of methoxy groups -OCH3 is 2. The quantitative estimate of drug-likeness (QED) is 0.839. The van der Waals surface area contributed by atoms with E-state index in [-0.39, 0.29) is 0 Å². The summed E-state index contributed by atoms with van der Waals surface area (Å²) in [6, 6.07) is 4.18. The monoisotopic (exact) mass is 277 g/mol. The molecule has 0 spiro atoms. The Balaban J connectivity index is 2.19. The van der Waals surface area contributed by atoms with E-state index >= 15 is 0 Å². The van der Waals surface area contributed by atoms with Crippen LogP contribution in [0.5, 0.6) is 11.5 Å². The standard InChI is InChI=1S/C17H27NO2/c1-13-15(19-4)8-7-14(16(13)20-5)11-18-10-6-9-17(2,3)12-18/h7-8H,6,9-12H2,1-5H3. The van der Waals surface area contributed by atoms with Crippen molar-refractivity contribution < 1.29 is 9.47 Å². The third-order valence-electron chi connectivity index (χ3n) is 4.24. The molecule has 1 aromatic rings. The summed E-state index contributed by atoms with van der Waals surface area (Å²) in [4.78, 5) is 2.53. The molecular weight excluding hydrogens is 250 g/mol. The van der Waals surface area contributed by atoms with Crippen LogP contribution in [-0.4, -0.2) is 32.2 Å². The third kappa shape index (κ3) is 3.26. The summed E-state index contributed by atoms with van der Waals surface area (Å²) in [5.74, 6) is 1.86. The number of hydrogen-bond acceptors (Lipinski definition) is 3. The number of hydrogen-bond donors (Lipinski definition) is 0. The highest BCUT2D eigenvalue weighted by Gasteiger charge is 2.27. The first-order valence-corrected chi connectivity index (χ1v) is 7.39. The zero-order chi connectivity index (χ0) is 14.8. The molecule has 3 nitrogen and oxygen atoms in total. The van der Waals surface area contributed by atoms with Gasteiger partial charge in [-0.25, -0.2) is 0 Å². The van der Waals surface area contributed by atoms with Crippen molar-refractivity contribution >= 4 is 0 Å². The van der Waals surface area contributed by atoms with E-state index in [0.29, 0.717) is 5.41 Å². The maximum atomic E-state index is 5.61. The summed E-state index contributed by atoms with van der Waals surface area (Å²) >= 11 is 0. The molecule has 3 heteroatoms. The van der Waals surface area contributed by atoms with Gasteiger partial charge in [-0.3, -0.25) is 4.90 Å². The third-order valence-corrected chi connectivity index (χ3v) is 4.24. The van der Waals surface area contributed by atoms with E-state index < -0.39 is 0 Å². The lowest BCUT2D eigenvalue weighted by Crippen LogP contribution is -2.39. The predicted molar refractivity (Wildman–Crippen MR) is 82.6 cm³/mol. The van der Waals surface area contributed by atoms with E-state index in [9.17, 15) is 0 Å². The zero-order valence-corrected chi connectivity index (χ0v) is 13.5. The molecule has 1 aliphatic heterocycles. The number of benzene rings is 1. The van der Waals surface area contributed by atoms with Crippen LogP contribution in [0.25, 0.3) is 0 Å². The Morgan fingerprint density at radius 1 is 1.20 bits per heavy atom. The van der Waals surface area contributed by atoms with Gasteiger partial charge in [0.15, 0.2) is 0 Å². The summed E-state index contributed by atoms with van der Waals surface area (Å²) in [7, 11) is 3.44. The molecule has 0 N–H and O–H groups in total. The van der Waals surface area contributed by atoms with Crippen LogP contribution < -0.4 is 9.47 Å². The molecule has 0 atom stereocenters. The maximum absolute atomic E-state index is 5.61. The zero-order valence-electron chi connectivity index (χ0n) is 13.5. The van der Waals surface area contributed by atoms with Gasteiger partial charge in [0.05, 0.1) is 14.2 Å². The number of nitrogens with zero attached hydrogens (tertiary/aromatic N) is 1. The van der Waals surface area contributed by atoms with Crippen molar-refractivity contribution in [3.8, 4) is 11.5 Å². The minimum atomic E-state index is 0.424. The lowest BCUT2D eigenvalue weighted by molar-refractivity contribution is 0.111. The molecule has 1 fully saturated rings. The van der Waals surface area contributed by atoms with E-state index in [4.69, 9.17) is 9.47 Å². The van der Waals surface area contributed by atoms with Crippen LogP contribution in [0.4, 0.5) is 0 Å². The second-order valence-electron chi connectivity index (χ2n) is 6.56. The minimum Gasteiger partial charge on any atom is -0.496 e. The molecule has 1 aromatic carbocycles. The summed E-state index contributed by atoms with van der Waals surface area (Å²) in [6.45, 7) is 10.1. The van der Waals surface area contributed by atoms with Crippen molar-refractivity contribution in [1.82, 2.24) is 4.90 Å². The topological polar surface area (TPSA) is 21.7 Å². The number of ether oxygens (including phenoxy) is 2. The van der Waals surface area contributed by atoms with E-state index in [1.54, 1.807) is 14.2 Å². The molecular formula is C17H27NO2. The molecule has 1 heterocycles. The average molecular weight is 277 g/mol. The van der Waals surface area contributed by atoms with Crippen LogP contribution in [0, 0.1) is 12.3 Å². The van der Waals surface area contributed by atoms with Crippen LogP contribution in [0.1, 0.15) is 37.8 Å². The molecule has 0 aromatic heterocycles. The van der Waals surface area contributed by atoms with Gasteiger partial charge in [0, 0.05) is 24.2 Å². The Morgan fingerprint density at radius 2 is 1.95 bits per heavy atom. The first-order valence-electron chi connectivity index (χ1n) is 7.39. The molecule has 0 amide bonds. The summed E-state index contributed by atoms with van der Waals surface area (Å²) in [5, 5.41) is 0. The van der Waals surface area contributed by atoms with Gasteiger partial charge < -0.3 is 9.47 Å². The van der Waals surface area contributed by atoms with Crippen molar-refractivity contribution in [2.24, 2.45) is 5.41 Å². The molecule has 0 unspecified atom stereocenters. The molecule has 0 saturated carbocycles. The van der Waals surface area contributed by atoms with Gasteiger partial charge in [-0.2, -0.15) is 0 Å². The first kappa shape index (κ1) is 15.2. The minimum absolute atomic E-state index is 0.424. The van der Waals surface area contributed by atoms with E-state index in [0.717, 1.165) is 30.2 Å². The molecule has 2 rings (SSSR count). The Kier molecular flexibility index (Phi) is 4.59. The maximum Gasteiger partial charge on any atom is 0.129 e. The van der Waals surface area contributed by atoms with Crippen LogP contribution in [0.2, 0.25) is 0 Å². The SMILES string of the molecule is COc1ccc(CN2CCCC(C)(C)C2)c(OC)c1C. The molecule has 0 bridgehead atoms. The van der Waals surface area contributed by atoms with Crippen LogP contribution in [0.3, 0.4) is 0 Å². The van der Waals surface area contributed by atoms with E-state index in [1.807, 2.05) is 6.07 Å². The Morgan fingerprint density at radius 3 is 2.55 bits per heavy atom. The lowest BCUT2D eigenvalue weighted by Gasteiger charge is -2.38. The molecule has 0 radical (unpaired) electrons. The van der Waals surface area contributed by atoms with Crippen molar-refractivity contribution in [1.29, 1.82) is 0 Å². The number of likely N-dealkylation sites (tertiary alicyclic amines) is 1. The van der Waals surface area contributed by atoms with E-state index in [2.05, 4.69) is 31.7 Å². The average Bonchev–Trinajstić information content (AvgIpc) is 2.38. The molecule has 1 saturated heterocycles. The number of piperidine rings is 1. The van der Waals surface area contributed by atoms with Crippen molar-refractivity contribution in [3.05, 3.63) is 23.3 Å². The molecule has 112 valence electrons. The Labute approximate surface area is 122 Å².